The second kappa shape index (κ2) is 7.26. The van der Waals surface area contributed by atoms with Gasteiger partial charge in [-0.1, -0.05) is 78.9 Å². The van der Waals surface area contributed by atoms with Crippen molar-refractivity contribution >= 4 is 44.6 Å². The lowest BCUT2D eigenvalue weighted by molar-refractivity contribution is 1.06. The molecule has 0 radical (unpaired) electrons. The van der Waals surface area contributed by atoms with Crippen LogP contribution in [0.2, 0.25) is 0 Å². The van der Waals surface area contributed by atoms with Crippen LogP contribution in [-0.4, -0.2) is 11.2 Å². The lowest BCUT2D eigenvalue weighted by atomic mass is 9.89. The van der Waals surface area contributed by atoms with E-state index in [0.29, 0.717) is 0 Å². The van der Waals surface area contributed by atoms with Crippen molar-refractivity contribution in [3.05, 3.63) is 102 Å². The second-order valence-corrected chi connectivity index (χ2v) is 9.78. The first-order chi connectivity index (χ1) is 16.3. The van der Waals surface area contributed by atoms with Crippen molar-refractivity contribution in [2.24, 2.45) is 0 Å². The maximum atomic E-state index is 3.77. The number of aromatic amines is 1. The molecule has 1 nitrogen and oxygen atoms in total. The quantitative estimate of drug-likeness (QED) is 0.271. The normalized spacial score (nSPS) is 14.5. The summed E-state index contributed by atoms with van der Waals surface area (Å²) in [6.45, 7) is 0. The Balaban J connectivity index is 1.30. The SMILES string of the molecule is CSc1ccccc1C1=CC=C(c2ccc3c4c([nH]c3c2)-c2cccc3cccc-4c23)CC1. The van der Waals surface area contributed by atoms with Crippen LogP contribution in [0.3, 0.4) is 0 Å². The lowest BCUT2D eigenvalue weighted by Gasteiger charge is -2.17. The van der Waals surface area contributed by atoms with Gasteiger partial charge >= 0.3 is 0 Å². The number of aromatic nitrogens is 1. The molecule has 1 N–H and O–H groups in total. The van der Waals surface area contributed by atoms with E-state index >= 15 is 0 Å². The highest BCUT2D eigenvalue weighted by Gasteiger charge is 2.25. The Morgan fingerprint density at radius 1 is 0.727 bits per heavy atom. The molecule has 4 aromatic carbocycles. The van der Waals surface area contributed by atoms with Crippen LogP contribution in [0.1, 0.15) is 24.0 Å². The smallest absolute Gasteiger partial charge is 0.0551 e. The fraction of sp³-hybridized carbons (Fsp3) is 0.0968. The molecule has 0 bridgehead atoms. The molecule has 0 spiro atoms. The van der Waals surface area contributed by atoms with E-state index in [1.54, 1.807) is 0 Å². The van der Waals surface area contributed by atoms with Gasteiger partial charge in [0.1, 0.15) is 0 Å². The van der Waals surface area contributed by atoms with Gasteiger partial charge in [0.15, 0.2) is 0 Å². The Bertz CT molecular complexity index is 1640. The molecule has 0 saturated heterocycles. The van der Waals surface area contributed by atoms with Crippen LogP contribution in [0.5, 0.6) is 0 Å². The first kappa shape index (κ1) is 19.0. The molecule has 0 aliphatic heterocycles. The zero-order valence-corrected chi connectivity index (χ0v) is 19.3. The third kappa shape index (κ3) is 2.81. The average Bonchev–Trinajstić information content (AvgIpc) is 3.40. The first-order valence-electron chi connectivity index (χ1n) is 11.5. The van der Waals surface area contributed by atoms with Crippen molar-refractivity contribution in [3.8, 4) is 22.4 Å². The predicted molar refractivity (Wildman–Crippen MR) is 144 cm³/mol. The Hall–Kier alpha value is -3.49. The van der Waals surface area contributed by atoms with Gasteiger partial charge < -0.3 is 4.98 Å². The number of allylic oxidation sites excluding steroid dienone is 4. The summed E-state index contributed by atoms with van der Waals surface area (Å²) in [6, 6.07) is 29.0. The highest BCUT2D eigenvalue weighted by Crippen LogP contribution is 2.50. The standard InChI is InChI=1S/C31H23NS/c1-33-28-11-3-2-8-23(28)20-14-12-19(13-15-20)22-16-17-24-27(18-22)32-31-26-10-5-7-21-6-4-9-25(29(21)26)30(24)31/h2-12,14,16-18,32H,13,15H2,1H3. The molecule has 0 saturated carbocycles. The molecule has 5 aromatic rings. The van der Waals surface area contributed by atoms with Crippen molar-refractivity contribution in [2.75, 3.05) is 6.26 Å². The molecule has 2 heteroatoms. The van der Waals surface area contributed by atoms with E-state index in [2.05, 4.69) is 102 Å². The Labute approximate surface area is 197 Å². The monoisotopic (exact) mass is 441 g/mol. The van der Waals surface area contributed by atoms with E-state index in [0.717, 1.165) is 12.8 Å². The minimum atomic E-state index is 1.07. The molecule has 1 heterocycles. The largest absolute Gasteiger partial charge is 0.354 e. The third-order valence-electron chi connectivity index (χ3n) is 7.22. The number of nitrogens with one attached hydrogen (secondary N) is 1. The molecular formula is C31H23NS. The van der Waals surface area contributed by atoms with Crippen molar-refractivity contribution in [1.82, 2.24) is 4.98 Å². The van der Waals surface area contributed by atoms with Gasteiger partial charge in [0.25, 0.3) is 0 Å². The van der Waals surface area contributed by atoms with Crippen molar-refractivity contribution in [2.45, 2.75) is 17.7 Å². The molecule has 0 atom stereocenters. The zero-order chi connectivity index (χ0) is 21.9. The fourth-order valence-electron chi connectivity index (χ4n) is 5.65. The van der Waals surface area contributed by atoms with Crippen LogP contribution >= 0.6 is 11.8 Å². The zero-order valence-electron chi connectivity index (χ0n) is 18.5. The lowest BCUT2D eigenvalue weighted by Crippen LogP contribution is -1.95. The molecule has 2 aliphatic carbocycles. The average molecular weight is 442 g/mol. The van der Waals surface area contributed by atoms with Gasteiger partial charge in [0, 0.05) is 26.9 Å². The third-order valence-corrected chi connectivity index (χ3v) is 8.01. The number of benzene rings is 4. The van der Waals surface area contributed by atoms with Crippen LogP contribution in [0.15, 0.2) is 95.9 Å². The van der Waals surface area contributed by atoms with Gasteiger partial charge in [-0.25, -0.2) is 0 Å². The molecule has 0 unspecified atom stereocenters. The fourth-order valence-corrected chi connectivity index (χ4v) is 6.28. The number of thioether (sulfide) groups is 1. The van der Waals surface area contributed by atoms with Crippen LogP contribution in [0.25, 0.3) is 55.2 Å². The Kier molecular flexibility index (Phi) is 4.19. The predicted octanol–water partition coefficient (Wildman–Crippen LogP) is 8.95. The number of fused-ring (bicyclic) bond motifs is 5. The summed E-state index contributed by atoms with van der Waals surface area (Å²) < 4.78 is 0. The number of rotatable bonds is 3. The van der Waals surface area contributed by atoms with E-state index in [9.17, 15) is 0 Å². The summed E-state index contributed by atoms with van der Waals surface area (Å²) in [4.78, 5) is 5.13. The number of H-pyrrole nitrogens is 1. The van der Waals surface area contributed by atoms with Gasteiger partial charge in [0.2, 0.25) is 0 Å². The minimum Gasteiger partial charge on any atom is -0.354 e. The van der Waals surface area contributed by atoms with Crippen LogP contribution in [0.4, 0.5) is 0 Å². The topological polar surface area (TPSA) is 15.8 Å². The molecule has 158 valence electrons. The van der Waals surface area contributed by atoms with Crippen molar-refractivity contribution in [1.29, 1.82) is 0 Å². The summed E-state index contributed by atoms with van der Waals surface area (Å²) in [5, 5.41) is 4.02. The highest BCUT2D eigenvalue weighted by molar-refractivity contribution is 7.98. The molecule has 1 aromatic heterocycles. The summed E-state index contributed by atoms with van der Waals surface area (Å²) in [6.07, 6.45) is 8.96. The van der Waals surface area contributed by atoms with E-state index < -0.39 is 0 Å². The molecule has 33 heavy (non-hydrogen) atoms. The maximum absolute atomic E-state index is 3.77. The molecule has 2 aliphatic rings. The van der Waals surface area contributed by atoms with Gasteiger partial charge in [0.05, 0.1) is 5.69 Å². The van der Waals surface area contributed by atoms with Crippen molar-refractivity contribution in [3.63, 3.8) is 0 Å². The van der Waals surface area contributed by atoms with Gasteiger partial charge in [-0.3, -0.25) is 0 Å². The van der Waals surface area contributed by atoms with E-state index in [4.69, 9.17) is 0 Å². The summed E-state index contributed by atoms with van der Waals surface area (Å²) in [7, 11) is 0. The van der Waals surface area contributed by atoms with E-state index in [1.165, 1.54) is 71.2 Å². The van der Waals surface area contributed by atoms with Crippen LogP contribution in [0, 0.1) is 0 Å². The first-order valence-corrected chi connectivity index (χ1v) is 12.8. The molecule has 0 fully saturated rings. The van der Waals surface area contributed by atoms with E-state index in [1.807, 2.05) is 11.8 Å². The minimum absolute atomic E-state index is 1.07. The molecular weight excluding hydrogens is 418 g/mol. The summed E-state index contributed by atoms with van der Waals surface area (Å²) in [5.74, 6) is 0. The highest BCUT2D eigenvalue weighted by atomic mass is 32.2. The van der Waals surface area contributed by atoms with E-state index in [-0.39, 0.29) is 0 Å². The number of hydrogen-bond acceptors (Lipinski definition) is 1. The van der Waals surface area contributed by atoms with Crippen molar-refractivity contribution < 1.29 is 0 Å². The molecule has 0 amide bonds. The van der Waals surface area contributed by atoms with Crippen LogP contribution < -0.4 is 0 Å². The number of hydrogen-bond donors (Lipinski definition) is 1. The second-order valence-electron chi connectivity index (χ2n) is 8.93. The van der Waals surface area contributed by atoms with Gasteiger partial charge in [-0.2, -0.15) is 0 Å². The summed E-state index contributed by atoms with van der Waals surface area (Å²) in [5.41, 5.74) is 12.1. The van der Waals surface area contributed by atoms with Gasteiger partial charge in [-0.05, 0) is 69.8 Å². The summed E-state index contributed by atoms with van der Waals surface area (Å²) >= 11 is 1.83. The van der Waals surface area contributed by atoms with Crippen LogP contribution in [-0.2, 0) is 0 Å². The Morgan fingerprint density at radius 3 is 2.30 bits per heavy atom. The Morgan fingerprint density at radius 2 is 1.48 bits per heavy atom. The molecule has 7 rings (SSSR count). The maximum Gasteiger partial charge on any atom is 0.0551 e. The van der Waals surface area contributed by atoms with Gasteiger partial charge in [-0.15, -0.1) is 11.8 Å².